The van der Waals surface area contributed by atoms with E-state index in [-0.39, 0.29) is 0 Å². The van der Waals surface area contributed by atoms with E-state index < -0.39 is 12.1 Å². The summed E-state index contributed by atoms with van der Waals surface area (Å²) in [7, 11) is 0. The zero-order valence-corrected chi connectivity index (χ0v) is 9.02. The van der Waals surface area contributed by atoms with E-state index in [0.29, 0.717) is 18.0 Å². The summed E-state index contributed by atoms with van der Waals surface area (Å²) in [6, 6.07) is 7.48. The average Bonchev–Trinajstić information content (AvgIpc) is 2.21. The lowest BCUT2D eigenvalue weighted by Gasteiger charge is -2.24. The van der Waals surface area contributed by atoms with Crippen LogP contribution < -0.4 is 5.73 Å². The summed E-state index contributed by atoms with van der Waals surface area (Å²) >= 11 is 5.98. The Morgan fingerprint density at radius 2 is 2.07 bits per heavy atom. The molecule has 0 saturated heterocycles. The molecule has 78 valence electrons. The molecule has 0 amide bonds. The van der Waals surface area contributed by atoms with Gasteiger partial charge >= 0.3 is 0 Å². The van der Waals surface area contributed by atoms with Crippen molar-refractivity contribution in [3.8, 4) is 0 Å². The van der Waals surface area contributed by atoms with Gasteiger partial charge in [0, 0.05) is 17.0 Å². The number of alkyl halides is 1. The van der Waals surface area contributed by atoms with E-state index in [1.54, 1.807) is 0 Å². The highest BCUT2D eigenvalue weighted by molar-refractivity contribution is 6.31. The molecule has 14 heavy (non-hydrogen) atoms. The van der Waals surface area contributed by atoms with Crippen molar-refractivity contribution in [3.63, 3.8) is 0 Å². The van der Waals surface area contributed by atoms with Crippen molar-refractivity contribution in [2.75, 3.05) is 13.2 Å². The number of halogens is 2. The summed E-state index contributed by atoms with van der Waals surface area (Å²) in [5.41, 5.74) is 6.00. The van der Waals surface area contributed by atoms with Crippen LogP contribution in [0.25, 0.3) is 0 Å². The average molecular weight is 216 g/mol. The lowest BCUT2D eigenvalue weighted by Crippen LogP contribution is -2.31. The molecule has 0 aliphatic carbocycles. The predicted octanol–water partition coefficient (Wildman–Crippen LogP) is 2.82. The minimum Gasteiger partial charge on any atom is -0.330 e. The zero-order chi connectivity index (χ0) is 10.6. The van der Waals surface area contributed by atoms with Gasteiger partial charge in [0.15, 0.2) is 0 Å². The first kappa shape index (κ1) is 11.5. The van der Waals surface area contributed by atoms with Gasteiger partial charge in [0.1, 0.15) is 0 Å². The largest absolute Gasteiger partial charge is 0.330 e. The maximum atomic E-state index is 12.7. The molecule has 1 aromatic rings. The monoisotopic (exact) mass is 215 g/mol. The molecule has 0 bridgehead atoms. The summed E-state index contributed by atoms with van der Waals surface area (Å²) in [6.45, 7) is 1.74. The van der Waals surface area contributed by atoms with Gasteiger partial charge in [-0.1, -0.05) is 36.7 Å². The minimum absolute atomic E-state index is 0.328. The normalized spacial score (nSPS) is 15.1. The Hall–Kier alpha value is -0.600. The van der Waals surface area contributed by atoms with E-state index in [4.69, 9.17) is 17.3 Å². The SMILES string of the molecule is CC(CN)(CF)Cc1ccccc1Cl. The first-order valence-electron chi connectivity index (χ1n) is 4.61. The van der Waals surface area contributed by atoms with Crippen LogP contribution in [0.2, 0.25) is 5.02 Å². The van der Waals surface area contributed by atoms with Crippen LogP contribution in [0.1, 0.15) is 12.5 Å². The lowest BCUT2D eigenvalue weighted by atomic mass is 9.85. The minimum atomic E-state index is -0.495. The van der Waals surface area contributed by atoms with Crippen molar-refractivity contribution in [3.05, 3.63) is 34.9 Å². The van der Waals surface area contributed by atoms with Gasteiger partial charge in [0.25, 0.3) is 0 Å². The lowest BCUT2D eigenvalue weighted by molar-refractivity contribution is 0.238. The molecule has 0 aliphatic rings. The van der Waals surface area contributed by atoms with Crippen molar-refractivity contribution in [2.24, 2.45) is 11.1 Å². The quantitative estimate of drug-likeness (QED) is 0.821. The fraction of sp³-hybridized carbons (Fsp3) is 0.455. The summed E-state index contributed by atoms with van der Waals surface area (Å²) in [5.74, 6) is 0. The third-order valence-electron chi connectivity index (χ3n) is 2.39. The third-order valence-corrected chi connectivity index (χ3v) is 2.76. The van der Waals surface area contributed by atoms with Crippen LogP contribution in [0.5, 0.6) is 0 Å². The Balaban J connectivity index is 2.82. The number of hydrogen-bond acceptors (Lipinski definition) is 1. The number of nitrogens with two attached hydrogens (primary N) is 1. The van der Waals surface area contributed by atoms with Crippen LogP contribution in [0.4, 0.5) is 4.39 Å². The van der Waals surface area contributed by atoms with Crippen molar-refractivity contribution >= 4 is 11.6 Å². The molecule has 2 N–H and O–H groups in total. The molecule has 1 nitrogen and oxygen atoms in total. The molecule has 0 spiro atoms. The van der Waals surface area contributed by atoms with Crippen molar-refractivity contribution in [1.82, 2.24) is 0 Å². The molecule has 0 aromatic heterocycles. The van der Waals surface area contributed by atoms with Gasteiger partial charge in [-0.25, -0.2) is 0 Å². The Morgan fingerprint density at radius 1 is 1.43 bits per heavy atom. The first-order valence-corrected chi connectivity index (χ1v) is 4.98. The molecule has 0 aliphatic heterocycles. The summed E-state index contributed by atoms with van der Waals surface area (Å²) in [4.78, 5) is 0. The fourth-order valence-electron chi connectivity index (χ4n) is 1.28. The molecule has 1 rings (SSSR count). The smallest absolute Gasteiger partial charge is 0.0963 e. The second-order valence-electron chi connectivity index (χ2n) is 3.92. The van der Waals surface area contributed by atoms with Gasteiger partial charge in [0.2, 0.25) is 0 Å². The standard InChI is InChI=1S/C11H15ClFN/c1-11(7-13,8-14)6-9-4-2-3-5-10(9)12/h2-5H,6-8,14H2,1H3. The molecule has 1 unspecified atom stereocenters. The molecule has 3 heteroatoms. The number of rotatable bonds is 4. The van der Waals surface area contributed by atoms with Gasteiger partial charge < -0.3 is 5.73 Å². The first-order chi connectivity index (χ1) is 6.61. The van der Waals surface area contributed by atoms with E-state index in [9.17, 15) is 4.39 Å². The Bertz CT molecular complexity index is 297. The topological polar surface area (TPSA) is 26.0 Å². The molecular formula is C11H15ClFN. The van der Waals surface area contributed by atoms with Crippen LogP contribution in [-0.2, 0) is 6.42 Å². The van der Waals surface area contributed by atoms with Crippen LogP contribution in [0, 0.1) is 5.41 Å². The van der Waals surface area contributed by atoms with Gasteiger partial charge in [-0.15, -0.1) is 0 Å². The highest BCUT2D eigenvalue weighted by atomic mass is 35.5. The molecule has 1 aromatic carbocycles. The zero-order valence-electron chi connectivity index (χ0n) is 8.26. The van der Waals surface area contributed by atoms with Crippen LogP contribution in [0.3, 0.4) is 0 Å². The second-order valence-corrected chi connectivity index (χ2v) is 4.32. The van der Waals surface area contributed by atoms with Gasteiger partial charge in [-0.05, 0) is 18.1 Å². The van der Waals surface area contributed by atoms with Gasteiger partial charge in [-0.2, -0.15) is 0 Å². The fourth-order valence-corrected chi connectivity index (χ4v) is 1.48. The molecule has 0 radical (unpaired) electrons. The van der Waals surface area contributed by atoms with E-state index in [1.165, 1.54) is 0 Å². The van der Waals surface area contributed by atoms with Crippen molar-refractivity contribution < 1.29 is 4.39 Å². The van der Waals surface area contributed by atoms with E-state index in [0.717, 1.165) is 5.56 Å². The second kappa shape index (κ2) is 4.76. The van der Waals surface area contributed by atoms with Crippen molar-refractivity contribution in [2.45, 2.75) is 13.3 Å². The molecule has 1 atom stereocenters. The maximum absolute atomic E-state index is 12.7. The highest BCUT2D eigenvalue weighted by Gasteiger charge is 2.23. The predicted molar refractivity (Wildman–Crippen MR) is 58.3 cm³/mol. The highest BCUT2D eigenvalue weighted by Crippen LogP contribution is 2.26. The Morgan fingerprint density at radius 3 is 2.57 bits per heavy atom. The Labute approximate surface area is 89.1 Å². The molecule has 0 fully saturated rings. The van der Waals surface area contributed by atoms with Crippen molar-refractivity contribution in [1.29, 1.82) is 0 Å². The molecule has 0 saturated carbocycles. The third kappa shape index (κ3) is 2.69. The summed E-state index contributed by atoms with van der Waals surface area (Å²) in [5, 5.41) is 0.681. The Kier molecular flexibility index (Phi) is 3.90. The number of hydrogen-bond donors (Lipinski definition) is 1. The van der Waals surface area contributed by atoms with E-state index >= 15 is 0 Å². The molecule has 0 heterocycles. The van der Waals surface area contributed by atoms with Crippen LogP contribution in [-0.4, -0.2) is 13.2 Å². The maximum Gasteiger partial charge on any atom is 0.0963 e. The summed E-state index contributed by atoms with van der Waals surface area (Å²) in [6.07, 6.45) is 0.583. The van der Waals surface area contributed by atoms with E-state index in [1.807, 2.05) is 31.2 Å². The van der Waals surface area contributed by atoms with Crippen LogP contribution in [0.15, 0.2) is 24.3 Å². The summed E-state index contributed by atoms with van der Waals surface area (Å²) < 4.78 is 12.7. The van der Waals surface area contributed by atoms with Gasteiger partial charge in [0.05, 0.1) is 6.67 Å². The van der Waals surface area contributed by atoms with Crippen LogP contribution >= 0.6 is 11.6 Å². The molecular weight excluding hydrogens is 201 g/mol. The van der Waals surface area contributed by atoms with E-state index in [2.05, 4.69) is 0 Å². The van der Waals surface area contributed by atoms with Gasteiger partial charge in [-0.3, -0.25) is 4.39 Å². The number of benzene rings is 1.